The lowest BCUT2D eigenvalue weighted by Crippen LogP contribution is -2.40. The van der Waals surface area contributed by atoms with E-state index in [1.54, 1.807) is 18.8 Å². The van der Waals surface area contributed by atoms with E-state index in [1.165, 1.54) is 11.6 Å². The quantitative estimate of drug-likeness (QED) is 0.538. The molecule has 2 aromatic heterocycles. The normalized spacial score (nSPS) is 11.3. The minimum Gasteiger partial charge on any atom is -0.373 e. The zero-order valence-corrected chi connectivity index (χ0v) is 19.2. The molecule has 0 aliphatic heterocycles. The van der Waals surface area contributed by atoms with Gasteiger partial charge < -0.3 is 16.0 Å². The predicted molar refractivity (Wildman–Crippen MR) is 126 cm³/mol. The molecule has 0 unspecified atom stereocenters. The van der Waals surface area contributed by atoms with Gasteiger partial charge in [0.1, 0.15) is 17.3 Å². The van der Waals surface area contributed by atoms with Crippen molar-refractivity contribution in [3.63, 3.8) is 0 Å². The van der Waals surface area contributed by atoms with Crippen LogP contribution in [0.15, 0.2) is 46.0 Å². The van der Waals surface area contributed by atoms with Gasteiger partial charge in [0.05, 0.1) is 17.9 Å². The molecule has 0 aliphatic carbocycles. The van der Waals surface area contributed by atoms with E-state index in [1.807, 2.05) is 57.2 Å². The summed E-state index contributed by atoms with van der Waals surface area (Å²) in [5.74, 6) is 0.464. The third-order valence-electron chi connectivity index (χ3n) is 5.07. The fourth-order valence-electron chi connectivity index (χ4n) is 3.25. The van der Waals surface area contributed by atoms with Crippen LogP contribution in [-0.2, 0) is 24.3 Å². The van der Waals surface area contributed by atoms with Crippen LogP contribution in [0.2, 0.25) is 0 Å². The number of benzene rings is 1. The predicted octanol–water partition coefficient (Wildman–Crippen LogP) is 1.66. The zero-order valence-electron chi connectivity index (χ0n) is 19.2. The highest BCUT2D eigenvalue weighted by atomic mass is 16.2. The van der Waals surface area contributed by atoms with E-state index < -0.39 is 11.2 Å². The molecule has 170 valence electrons. The van der Waals surface area contributed by atoms with Crippen molar-refractivity contribution in [2.45, 2.75) is 26.2 Å². The van der Waals surface area contributed by atoms with Crippen molar-refractivity contribution in [3.05, 3.63) is 62.9 Å². The van der Waals surface area contributed by atoms with Crippen LogP contribution in [0.25, 0.3) is 5.69 Å². The van der Waals surface area contributed by atoms with E-state index in [2.05, 4.69) is 21.0 Å². The van der Waals surface area contributed by atoms with Gasteiger partial charge in [-0.25, -0.2) is 9.48 Å². The second kappa shape index (κ2) is 8.74. The summed E-state index contributed by atoms with van der Waals surface area (Å²) < 4.78 is 3.98. The summed E-state index contributed by atoms with van der Waals surface area (Å²) in [4.78, 5) is 37.4. The lowest BCUT2D eigenvalue weighted by molar-refractivity contribution is -0.114. The summed E-state index contributed by atoms with van der Waals surface area (Å²) in [6, 6.07) is 11.4. The maximum Gasteiger partial charge on any atom is 0.332 e. The van der Waals surface area contributed by atoms with E-state index in [0.29, 0.717) is 11.6 Å². The summed E-state index contributed by atoms with van der Waals surface area (Å²) >= 11 is 0. The third kappa shape index (κ3) is 4.43. The Bertz CT molecular complexity index is 1250. The molecular formula is C22H29N7O3. The number of anilines is 3. The lowest BCUT2D eigenvalue weighted by Gasteiger charge is -2.16. The minimum absolute atomic E-state index is 0.138. The van der Waals surface area contributed by atoms with Crippen LogP contribution in [0.3, 0.4) is 0 Å². The first-order valence-electron chi connectivity index (χ1n) is 10.2. The number of nitrogens with zero attached hydrogens (tertiary/aromatic N) is 4. The van der Waals surface area contributed by atoms with Crippen molar-refractivity contribution >= 4 is 23.2 Å². The fourth-order valence-corrected chi connectivity index (χ4v) is 3.25. The average Bonchev–Trinajstić information content (AvgIpc) is 3.18. The van der Waals surface area contributed by atoms with Gasteiger partial charge in [-0.2, -0.15) is 5.10 Å². The Labute approximate surface area is 185 Å². The van der Waals surface area contributed by atoms with Crippen molar-refractivity contribution in [2.24, 2.45) is 14.1 Å². The number of para-hydroxylation sites is 1. The van der Waals surface area contributed by atoms with E-state index in [9.17, 15) is 14.4 Å². The molecule has 10 nitrogen and oxygen atoms in total. The van der Waals surface area contributed by atoms with Crippen LogP contribution in [0.1, 0.15) is 26.5 Å². The van der Waals surface area contributed by atoms with Gasteiger partial charge in [-0.05, 0) is 12.1 Å². The molecule has 0 spiro atoms. The first-order chi connectivity index (χ1) is 15.0. The first-order valence-corrected chi connectivity index (χ1v) is 10.2. The number of carbonyl (C=O) groups is 1. The van der Waals surface area contributed by atoms with Crippen molar-refractivity contribution in [1.82, 2.24) is 18.9 Å². The van der Waals surface area contributed by atoms with E-state index in [0.717, 1.165) is 15.9 Å². The molecule has 3 aromatic rings. The maximum atomic E-state index is 12.8. The molecule has 0 saturated heterocycles. The van der Waals surface area contributed by atoms with Crippen molar-refractivity contribution in [3.8, 4) is 5.69 Å². The highest BCUT2D eigenvalue weighted by Crippen LogP contribution is 2.26. The largest absolute Gasteiger partial charge is 0.373 e. The van der Waals surface area contributed by atoms with Gasteiger partial charge in [-0.1, -0.05) is 39.0 Å². The van der Waals surface area contributed by atoms with Crippen LogP contribution < -0.4 is 27.2 Å². The standard InChI is InChI=1S/C22H29N7O3/c1-22(2,3)15-12-16(29(26-15)14-10-8-7-9-11-14)25-17(30)13-24-18-19(23-4)27(5)21(32)28(6)20(18)31/h7-12,23-24H,13H2,1-6H3,(H,25,30). The Morgan fingerprint density at radius 3 is 2.31 bits per heavy atom. The summed E-state index contributed by atoms with van der Waals surface area (Å²) in [6.07, 6.45) is 0. The molecule has 0 atom stereocenters. The maximum absolute atomic E-state index is 12.8. The number of rotatable bonds is 6. The number of aromatic nitrogens is 4. The number of nitrogens with one attached hydrogen (secondary N) is 3. The second-order valence-corrected chi connectivity index (χ2v) is 8.49. The van der Waals surface area contributed by atoms with Gasteiger partial charge in [-0.3, -0.25) is 18.7 Å². The van der Waals surface area contributed by atoms with E-state index >= 15 is 0 Å². The Hall–Kier alpha value is -3.82. The highest BCUT2D eigenvalue weighted by molar-refractivity contribution is 5.93. The molecule has 0 fully saturated rings. The Morgan fingerprint density at radius 1 is 1.06 bits per heavy atom. The smallest absolute Gasteiger partial charge is 0.332 e. The van der Waals surface area contributed by atoms with Crippen LogP contribution in [-0.4, -0.2) is 38.4 Å². The molecule has 3 N–H and O–H groups in total. The van der Waals surface area contributed by atoms with Gasteiger partial charge in [0.2, 0.25) is 5.91 Å². The van der Waals surface area contributed by atoms with Gasteiger partial charge in [0, 0.05) is 32.6 Å². The molecule has 2 heterocycles. The zero-order chi connectivity index (χ0) is 23.6. The molecule has 0 aliphatic rings. The summed E-state index contributed by atoms with van der Waals surface area (Å²) in [5, 5.41) is 13.2. The molecular weight excluding hydrogens is 410 g/mol. The van der Waals surface area contributed by atoms with Crippen LogP contribution >= 0.6 is 0 Å². The number of hydrogen-bond donors (Lipinski definition) is 3. The molecule has 0 saturated carbocycles. The van der Waals surface area contributed by atoms with E-state index in [4.69, 9.17) is 0 Å². The Morgan fingerprint density at radius 2 is 1.72 bits per heavy atom. The average molecular weight is 440 g/mol. The van der Waals surface area contributed by atoms with Crippen molar-refractivity contribution in [1.29, 1.82) is 0 Å². The van der Waals surface area contributed by atoms with E-state index in [-0.39, 0.29) is 23.6 Å². The van der Waals surface area contributed by atoms with Gasteiger partial charge >= 0.3 is 5.69 Å². The molecule has 3 rings (SSSR count). The highest BCUT2D eigenvalue weighted by Gasteiger charge is 2.22. The summed E-state index contributed by atoms with van der Waals surface area (Å²) in [7, 11) is 4.54. The van der Waals surface area contributed by atoms with Gasteiger partial charge in [-0.15, -0.1) is 0 Å². The van der Waals surface area contributed by atoms with Crippen LogP contribution in [0, 0.1) is 0 Å². The summed E-state index contributed by atoms with van der Waals surface area (Å²) in [5.41, 5.74) is 0.592. The van der Waals surface area contributed by atoms with Crippen molar-refractivity contribution < 1.29 is 4.79 Å². The van der Waals surface area contributed by atoms with Crippen LogP contribution in [0.4, 0.5) is 17.3 Å². The van der Waals surface area contributed by atoms with Gasteiger partial charge in [0.15, 0.2) is 0 Å². The SMILES string of the molecule is CNc1c(NCC(=O)Nc2cc(C(C)(C)C)nn2-c2ccccc2)c(=O)n(C)c(=O)n1C. The monoisotopic (exact) mass is 439 g/mol. The molecule has 1 amide bonds. The first kappa shape index (κ1) is 22.9. The number of carbonyl (C=O) groups excluding carboxylic acids is 1. The molecule has 0 radical (unpaired) electrons. The molecule has 10 heteroatoms. The number of amides is 1. The minimum atomic E-state index is -0.519. The molecule has 1 aromatic carbocycles. The fraction of sp³-hybridized carbons (Fsp3) is 0.364. The molecule has 0 bridgehead atoms. The van der Waals surface area contributed by atoms with Gasteiger partial charge in [0.25, 0.3) is 5.56 Å². The lowest BCUT2D eigenvalue weighted by atomic mass is 9.92. The Kier molecular flexibility index (Phi) is 6.24. The Balaban J connectivity index is 1.87. The number of hydrogen-bond acceptors (Lipinski definition) is 6. The molecule has 32 heavy (non-hydrogen) atoms. The third-order valence-corrected chi connectivity index (χ3v) is 5.07. The van der Waals surface area contributed by atoms with Crippen molar-refractivity contribution in [2.75, 3.05) is 29.5 Å². The summed E-state index contributed by atoms with van der Waals surface area (Å²) in [6.45, 7) is 5.97. The van der Waals surface area contributed by atoms with Crippen LogP contribution in [0.5, 0.6) is 0 Å². The second-order valence-electron chi connectivity index (χ2n) is 8.49. The topological polar surface area (TPSA) is 115 Å².